The quantitative estimate of drug-likeness (QED) is 0.109. The monoisotopic (exact) mass is 664 g/mol. The molecule has 0 bridgehead atoms. The minimum atomic E-state index is -4.08. The number of benzene rings is 3. The third-order valence-electron chi connectivity index (χ3n) is 8.17. The van der Waals surface area contributed by atoms with Crippen LogP contribution in [0.15, 0.2) is 107 Å². The SMILES string of the molecule is COP(=O)(OC)[C@@]1(O[Si](C)(C)C)C[C@H](n2cc(C)c(=O)[nH]c2=O)O[C@@H]1COC(c1ccccc1)(c1ccccc1)c1ccccc1. The Kier molecular flexibility index (Phi) is 9.86. The standard InChI is InChI=1S/C34H41N2O8PSi/c1-25-23-36(32(38)35-31(25)37)30-22-33(44-46(4,5)6,45(39,40-2)41-3)29(43-30)24-42-34(26-16-10-7-11-17-26,27-18-12-8-13-19-27)28-20-14-9-15-21-28/h7-21,23,29-30H,22,24H2,1-6H3,(H,35,37,38)/t29-,30-,33+/m1/s1. The Labute approximate surface area is 269 Å². The van der Waals surface area contributed by atoms with Crippen LogP contribution in [0, 0.1) is 6.92 Å². The third kappa shape index (κ3) is 6.29. The summed E-state index contributed by atoms with van der Waals surface area (Å²) in [4.78, 5) is 27.6. The van der Waals surface area contributed by atoms with Crippen molar-refractivity contribution in [2.75, 3.05) is 20.8 Å². The Morgan fingerprint density at radius 3 is 1.80 bits per heavy atom. The first-order valence-corrected chi connectivity index (χ1v) is 20.0. The molecule has 1 aromatic heterocycles. The number of hydrogen-bond acceptors (Lipinski definition) is 8. The Bertz CT molecular complexity index is 1690. The molecule has 0 saturated carbocycles. The highest BCUT2D eigenvalue weighted by atomic mass is 31.2. The van der Waals surface area contributed by atoms with E-state index in [-0.39, 0.29) is 13.0 Å². The van der Waals surface area contributed by atoms with E-state index in [1.54, 1.807) is 6.92 Å². The summed E-state index contributed by atoms with van der Waals surface area (Å²) in [6.45, 7) is 7.36. The predicted octanol–water partition coefficient (Wildman–Crippen LogP) is 6.17. The van der Waals surface area contributed by atoms with Gasteiger partial charge in [-0.25, -0.2) is 4.79 Å². The fourth-order valence-electron chi connectivity index (χ4n) is 6.19. The molecule has 1 aliphatic rings. The predicted molar refractivity (Wildman–Crippen MR) is 179 cm³/mol. The average Bonchev–Trinajstić information content (AvgIpc) is 3.42. The molecule has 46 heavy (non-hydrogen) atoms. The summed E-state index contributed by atoms with van der Waals surface area (Å²) in [5.41, 5.74) is 0.638. The van der Waals surface area contributed by atoms with Crippen LogP contribution in [0.1, 0.15) is 34.9 Å². The first-order valence-electron chi connectivity index (χ1n) is 15.1. The summed E-state index contributed by atoms with van der Waals surface area (Å²) in [6, 6.07) is 29.6. The number of aromatic amines is 1. The zero-order valence-electron chi connectivity index (χ0n) is 27.0. The first kappa shape index (κ1) is 33.9. The Morgan fingerprint density at radius 2 is 1.37 bits per heavy atom. The van der Waals surface area contributed by atoms with Crippen LogP contribution in [-0.2, 0) is 33.1 Å². The molecule has 1 N–H and O–H groups in total. The smallest absolute Gasteiger partial charge is 0.363 e. The molecule has 5 rings (SSSR count). The Morgan fingerprint density at radius 1 is 0.891 bits per heavy atom. The second-order valence-corrected chi connectivity index (χ2v) is 19.2. The molecule has 0 spiro atoms. The number of nitrogens with one attached hydrogen (secondary N) is 1. The van der Waals surface area contributed by atoms with Gasteiger partial charge in [-0.3, -0.25) is 18.9 Å². The van der Waals surface area contributed by atoms with Crippen molar-refractivity contribution in [3.8, 4) is 0 Å². The van der Waals surface area contributed by atoms with Gasteiger partial charge in [-0.15, -0.1) is 0 Å². The summed E-state index contributed by atoms with van der Waals surface area (Å²) in [6.07, 6.45) is -0.651. The summed E-state index contributed by atoms with van der Waals surface area (Å²) in [7, 11) is -3.99. The van der Waals surface area contributed by atoms with Gasteiger partial charge in [0.15, 0.2) is 13.7 Å². The van der Waals surface area contributed by atoms with E-state index in [0.29, 0.717) is 5.56 Å². The minimum Gasteiger partial charge on any atom is -0.399 e. The Hall–Kier alpha value is -3.41. The van der Waals surface area contributed by atoms with Crippen LogP contribution in [-0.4, -0.2) is 50.1 Å². The lowest BCUT2D eigenvalue weighted by atomic mass is 9.80. The van der Waals surface area contributed by atoms with Crippen LogP contribution >= 0.6 is 7.60 Å². The lowest BCUT2D eigenvalue weighted by Crippen LogP contribution is -2.51. The molecule has 12 heteroatoms. The second-order valence-electron chi connectivity index (χ2n) is 12.3. The normalized spacial score (nSPS) is 20.6. The molecule has 0 radical (unpaired) electrons. The fourth-order valence-corrected chi connectivity index (χ4v) is 10.4. The van der Waals surface area contributed by atoms with E-state index in [9.17, 15) is 14.2 Å². The highest BCUT2D eigenvalue weighted by molar-refractivity contribution is 7.55. The van der Waals surface area contributed by atoms with Gasteiger partial charge in [0.2, 0.25) is 0 Å². The number of aryl methyl sites for hydroxylation is 1. The zero-order valence-corrected chi connectivity index (χ0v) is 28.9. The number of hydrogen-bond donors (Lipinski definition) is 1. The van der Waals surface area contributed by atoms with Gasteiger partial charge >= 0.3 is 13.3 Å². The second kappa shape index (κ2) is 13.4. The third-order valence-corrected chi connectivity index (χ3v) is 11.8. The summed E-state index contributed by atoms with van der Waals surface area (Å²) in [5.74, 6) is 0. The van der Waals surface area contributed by atoms with Gasteiger partial charge in [0.1, 0.15) is 17.9 Å². The van der Waals surface area contributed by atoms with Gasteiger partial charge < -0.3 is 22.9 Å². The van der Waals surface area contributed by atoms with Gasteiger partial charge in [-0.1, -0.05) is 91.0 Å². The zero-order chi connectivity index (χ0) is 33.2. The van der Waals surface area contributed by atoms with Crippen LogP contribution in [0.3, 0.4) is 0 Å². The van der Waals surface area contributed by atoms with Gasteiger partial charge in [-0.05, 0) is 43.3 Å². The van der Waals surface area contributed by atoms with E-state index in [0.717, 1.165) is 16.7 Å². The van der Waals surface area contributed by atoms with E-state index in [4.69, 9.17) is 22.9 Å². The Balaban J connectivity index is 1.70. The fraction of sp³-hybridized carbons (Fsp3) is 0.353. The van der Waals surface area contributed by atoms with E-state index < -0.39 is 50.4 Å². The van der Waals surface area contributed by atoms with Crippen molar-refractivity contribution in [3.63, 3.8) is 0 Å². The maximum atomic E-state index is 14.7. The van der Waals surface area contributed by atoms with Crippen LogP contribution in [0.2, 0.25) is 19.6 Å². The lowest BCUT2D eigenvalue weighted by Gasteiger charge is -2.43. The van der Waals surface area contributed by atoms with Crippen LogP contribution in [0.4, 0.5) is 0 Å². The molecule has 0 aliphatic carbocycles. The molecule has 2 heterocycles. The molecule has 0 amide bonds. The van der Waals surface area contributed by atoms with Crippen LogP contribution < -0.4 is 11.2 Å². The highest BCUT2D eigenvalue weighted by Crippen LogP contribution is 2.67. The molecule has 244 valence electrons. The molecule has 0 unspecified atom stereocenters. The average molecular weight is 665 g/mol. The molecular formula is C34H41N2O8PSi. The maximum absolute atomic E-state index is 14.7. The molecule has 1 aliphatic heterocycles. The van der Waals surface area contributed by atoms with Crippen LogP contribution in [0.25, 0.3) is 0 Å². The van der Waals surface area contributed by atoms with Crippen LogP contribution in [0.5, 0.6) is 0 Å². The van der Waals surface area contributed by atoms with Crippen molar-refractivity contribution >= 4 is 15.9 Å². The van der Waals surface area contributed by atoms with E-state index >= 15 is 0 Å². The van der Waals surface area contributed by atoms with Gasteiger partial charge in [0, 0.05) is 32.4 Å². The van der Waals surface area contributed by atoms with E-state index in [1.165, 1.54) is 25.0 Å². The first-order chi connectivity index (χ1) is 21.9. The number of nitrogens with zero attached hydrogens (tertiary/aromatic N) is 1. The van der Waals surface area contributed by atoms with E-state index in [2.05, 4.69) is 4.98 Å². The van der Waals surface area contributed by atoms with Gasteiger partial charge in [-0.2, -0.15) is 0 Å². The number of aromatic nitrogens is 2. The molecule has 3 atom stereocenters. The summed E-state index contributed by atoms with van der Waals surface area (Å²) >= 11 is 0. The molecule has 3 aromatic carbocycles. The maximum Gasteiger partial charge on any atom is 0.363 e. The van der Waals surface area contributed by atoms with Crippen molar-refractivity contribution in [1.29, 1.82) is 0 Å². The van der Waals surface area contributed by atoms with Crippen molar-refractivity contribution in [2.24, 2.45) is 0 Å². The van der Waals surface area contributed by atoms with Gasteiger partial charge in [0.05, 0.1) is 6.61 Å². The van der Waals surface area contributed by atoms with Crippen molar-refractivity contribution in [3.05, 3.63) is 140 Å². The number of rotatable bonds is 12. The van der Waals surface area contributed by atoms with Crippen molar-refractivity contribution in [1.82, 2.24) is 9.55 Å². The molecule has 1 fully saturated rings. The molecular weight excluding hydrogens is 623 g/mol. The number of H-pyrrole nitrogens is 1. The van der Waals surface area contributed by atoms with E-state index in [1.807, 2.05) is 111 Å². The van der Waals surface area contributed by atoms with Crippen molar-refractivity contribution in [2.45, 2.75) is 56.3 Å². The minimum absolute atomic E-state index is 0.0648. The topological polar surface area (TPSA) is 118 Å². The lowest BCUT2D eigenvalue weighted by molar-refractivity contribution is -0.103. The summed E-state index contributed by atoms with van der Waals surface area (Å²) < 4.78 is 47.8. The molecule has 4 aromatic rings. The van der Waals surface area contributed by atoms with Gasteiger partial charge in [0.25, 0.3) is 5.56 Å². The molecule has 1 saturated heterocycles. The highest BCUT2D eigenvalue weighted by Gasteiger charge is 2.65. The number of ether oxygens (including phenoxy) is 2. The summed E-state index contributed by atoms with van der Waals surface area (Å²) in [5, 5.41) is -1.66. The molecule has 10 nitrogen and oxygen atoms in total. The van der Waals surface area contributed by atoms with Crippen molar-refractivity contribution < 1.29 is 27.5 Å². The largest absolute Gasteiger partial charge is 0.399 e.